The Hall–Kier alpha value is -3.07. The van der Waals surface area contributed by atoms with Crippen molar-refractivity contribution in [2.45, 2.75) is 26.9 Å². The lowest BCUT2D eigenvalue weighted by molar-refractivity contribution is 0.336. The fourth-order valence-corrected chi connectivity index (χ4v) is 2.40. The molecule has 0 aliphatic heterocycles. The van der Waals surface area contributed by atoms with Crippen LogP contribution in [0.1, 0.15) is 30.5 Å². The van der Waals surface area contributed by atoms with Gasteiger partial charge in [-0.1, -0.05) is 18.2 Å². The molecule has 0 aliphatic rings. The maximum absolute atomic E-state index is 13.9. The van der Waals surface area contributed by atoms with E-state index in [0.717, 1.165) is 11.3 Å². The predicted molar refractivity (Wildman–Crippen MR) is 100 cm³/mol. The standard InChI is InChI=1S/C20H23FN4O/c1-3-23-20(24-13-16-7-5-6-8-19(16)26-4-2)25-14-17-11-15(12-22)9-10-18(17)21/h5-11H,3-4,13-14H2,1-2H3,(H2,23,24,25). The first-order chi connectivity index (χ1) is 12.7. The third-order valence-electron chi connectivity index (χ3n) is 3.65. The van der Waals surface area contributed by atoms with Crippen LogP contribution in [-0.2, 0) is 13.1 Å². The second kappa shape index (κ2) is 10.0. The van der Waals surface area contributed by atoms with Gasteiger partial charge in [0, 0.05) is 24.2 Å². The Morgan fingerprint density at radius 2 is 1.96 bits per heavy atom. The highest BCUT2D eigenvalue weighted by Gasteiger charge is 2.06. The van der Waals surface area contributed by atoms with Crippen LogP contribution in [0.4, 0.5) is 4.39 Å². The van der Waals surface area contributed by atoms with E-state index in [1.165, 1.54) is 18.2 Å². The van der Waals surface area contributed by atoms with Crippen molar-refractivity contribution in [1.82, 2.24) is 10.6 Å². The van der Waals surface area contributed by atoms with E-state index < -0.39 is 0 Å². The Morgan fingerprint density at radius 1 is 1.15 bits per heavy atom. The number of rotatable bonds is 7. The van der Waals surface area contributed by atoms with Gasteiger partial charge in [-0.05, 0) is 38.1 Å². The highest BCUT2D eigenvalue weighted by molar-refractivity contribution is 5.79. The molecule has 26 heavy (non-hydrogen) atoms. The molecule has 0 aromatic heterocycles. The molecule has 136 valence electrons. The number of para-hydroxylation sites is 1. The van der Waals surface area contributed by atoms with Crippen LogP contribution in [0.25, 0.3) is 0 Å². The second-order valence-electron chi connectivity index (χ2n) is 5.51. The van der Waals surface area contributed by atoms with Crippen molar-refractivity contribution in [3.8, 4) is 11.8 Å². The predicted octanol–water partition coefficient (Wildman–Crippen LogP) is 3.35. The molecule has 0 unspecified atom stereocenters. The lowest BCUT2D eigenvalue weighted by atomic mass is 10.1. The Kier molecular flexibility index (Phi) is 7.44. The number of nitrogens with one attached hydrogen (secondary N) is 2. The lowest BCUT2D eigenvalue weighted by Crippen LogP contribution is -2.36. The summed E-state index contributed by atoms with van der Waals surface area (Å²) in [4.78, 5) is 4.41. The minimum absolute atomic E-state index is 0.143. The fourth-order valence-electron chi connectivity index (χ4n) is 2.40. The van der Waals surface area contributed by atoms with E-state index >= 15 is 0 Å². The highest BCUT2D eigenvalue weighted by Crippen LogP contribution is 2.17. The van der Waals surface area contributed by atoms with E-state index in [1.54, 1.807) is 0 Å². The van der Waals surface area contributed by atoms with Crippen molar-refractivity contribution in [1.29, 1.82) is 5.26 Å². The average Bonchev–Trinajstić information content (AvgIpc) is 2.66. The first-order valence-electron chi connectivity index (χ1n) is 8.59. The molecule has 0 bridgehead atoms. The Morgan fingerprint density at radius 3 is 2.69 bits per heavy atom. The first-order valence-corrected chi connectivity index (χ1v) is 8.59. The lowest BCUT2D eigenvalue weighted by Gasteiger charge is -2.14. The van der Waals surface area contributed by atoms with Crippen molar-refractivity contribution in [2.75, 3.05) is 13.2 Å². The van der Waals surface area contributed by atoms with Gasteiger partial charge < -0.3 is 15.4 Å². The summed E-state index contributed by atoms with van der Waals surface area (Å²) in [5, 5.41) is 15.3. The number of halogens is 1. The Balaban J connectivity index is 2.09. The number of nitriles is 1. The number of hydrogen-bond donors (Lipinski definition) is 2. The molecule has 0 radical (unpaired) electrons. The van der Waals surface area contributed by atoms with Crippen LogP contribution in [0.2, 0.25) is 0 Å². The Labute approximate surface area is 153 Å². The van der Waals surface area contributed by atoms with E-state index in [9.17, 15) is 4.39 Å². The number of guanidine groups is 1. The number of nitrogens with zero attached hydrogens (tertiary/aromatic N) is 2. The number of aliphatic imine (C=N–C) groups is 1. The third kappa shape index (κ3) is 5.49. The minimum Gasteiger partial charge on any atom is -0.494 e. The van der Waals surface area contributed by atoms with Crippen molar-refractivity contribution < 1.29 is 9.13 Å². The summed E-state index contributed by atoms with van der Waals surface area (Å²) in [6.07, 6.45) is 0. The van der Waals surface area contributed by atoms with Gasteiger partial charge in [-0.3, -0.25) is 0 Å². The molecule has 0 saturated carbocycles. The smallest absolute Gasteiger partial charge is 0.191 e. The van der Waals surface area contributed by atoms with Crippen LogP contribution in [-0.4, -0.2) is 19.1 Å². The summed E-state index contributed by atoms with van der Waals surface area (Å²) in [6, 6.07) is 14.1. The number of benzene rings is 2. The summed E-state index contributed by atoms with van der Waals surface area (Å²) in [5.74, 6) is 1.02. The van der Waals surface area contributed by atoms with E-state index in [1.807, 2.05) is 44.2 Å². The maximum atomic E-state index is 13.9. The van der Waals surface area contributed by atoms with Crippen LogP contribution in [0.3, 0.4) is 0 Å². The molecular weight excluding hydrogens is 331 g/mol. The summed E-state index contributed by atoms with van der Waals surface area (Å²) in [6.45, 7) is 5.85. The highest BCUT2D eigenvalue weighted by atomic mass is 19.1. The summed E-state index contributed by atoms with van der Waals surface area (Å²) in [7, 11) is 0. The van der Waals surface area contributed by atoms with Gasteiger partial charge in [-0.2, -0.15) is 5.26 Å². The zero-order chi connectivity index (χ0) is 18.8. The molecule has 0 aliphatic carbocycles. The molecular formula is C20H23FN4O. The molecule has 0 atom stereocenters. The summed E-state index contributed by atoms with van der Waals surface area (Å²) >= 11 is 0. The van der Waals surface area contributed by atoms with Gasteiger partial charge in [-0.15, -0.1) is 0 Å². The van der Waals surface area contributed by atoms with Gasteiger partial charge in [0.25, 0.3) is 0 Å². The maximum Gasteiger partial charge on any atom is 0.191 e. The molecule has 0 spiro atoms. The van der Waals surface area contributed by atoms with Gasteiger partial charge in [0.05, 0.1) is 24.8 Å². The molecule has 0 saturated heterocycles. The number of ether oxygens (including phenoxy) is 1. The molecule has 0 heterocycles. The SMILES string of the molecule is CCNC(=NCc1cc(C#N)ccc1F)NCc1ccccc1OCC. The fraction of sp³-hybridized carbons (Fsp3) is 0.300. The number of hydrogen-bond acceptors (Lipinski definition) is 3. The average molecular weight is 354 g/mol. The van der Waals surface area contributed by atoms with Crippen molar-refractivity contribution in [3.63, 3.8) is 0 Å². The summed E-state index contributed by atoms with van der Waals surface area (Å²) < 4.78 is 19.5. The van der Waals surface area contributed by atoms with Crippen molar-refractivity contribution in [2.24, 2.45) is 4.99 Å². The van der Waals surface area contributed by atoms with Crippen LogP contribution < -0.4 is 15.4 Å². The topological polar surface area (TPSA) is 69.4 Å². The zero-order valence-corrected chi connectivity index (χ0v) is 15.1. The minimum atomic E-state index is -0.370. The van der Waals surface area contributed by atoms with Crippen molar-refractivity contribution in [3.05, 3.63) is 65.0 Å². The first kappa shape index (κ1) is 19.3. The quantitative estimate of drug-likeness (QED) is 0.591. The van der Waals surface area contributed by atoms with Gasteiger partial charge in [0.2, 0.25) is 0 Å². The summed E-state index contributed by atoms with van der Waals surface area (Å²) in [5.41, 5.74) is 1.81. The van der Waals surface area contributed by atoms with E-state index in [-0.39, 0.29) is 12.4 Å². The zero-order valence-electron chi connectivity index (χ0n) is 15.1. The molecule has 0 fully saturated rings. The monoisotopic (exact) mass is 354 g/mol. The molecule has 6 heteroatoms. The molecule has 2 rings (SSSR count). The molecule has 5 nitrogen and oxygen atoms in total. The van der Waals surface area contributed by atoms with E-state index in [0.29, 0.717) is 36.8 Å². The normalized spacial score (nSPS) is 10.9. The van der Waals surface area contributed by atoms with Gasteiger partial charge >= 0.3 is 0 Å². The third-order valence-corrected chi connectivity index (χ3v) is 3.65. The van der Waals surface area contributed by atoms with Crippen LogP contribution in [0.15, 0.2) is 47.5 Å². The molecule has 0 amide bonds. The molecule has 2 aromatic rings. The van der Waals surface area contributed by atoms with E-state index in [4.69, 9.17) is 10.00 Å². The van der Waals surface area contributed by atoms with Crippen LogP contribution in [0.5, 0.6) is 5.75 Å². The largest absolute Gasteiger partial charge is 0.494 e. The second-order valence-corrected chi connectivity index (χ2v) is 5.51. The van der Waals surface area contributed by atoms with Crippen LogP contribution >= 0.6 is 0 Å². The van der Waals surface area contributed by atoms with Gasteiger partial charge in [0.15, 0.2) is 5.96 Å². The Bertz CT molecular complexity index is 799. The molecule has 2 aromatic carbocycles. The molecule has 2 N–H and O–H groups in total. The van der Waals surface area contributed by atoms with E-state index in [2.05, 4.69) is 15.6 Å². The van der Waals surface area contributed by atoms with Crippen LogP contribution in [0, 0.1) is 17.1 Å². The van der Waals surface area contributed by atoms with Crippen molar-refractivity contribution >= 4 is 5.96 Å². The van der Waals surface area contributed by atoms with Gasteiger partial charge in [-0.25, -0.2) is 9.38 Å². The van der Waals surface area contributed by atoms with Gasteiger partial charge in [0.1, 0.15) is 11.6 Å².